The Labute approximate surface area is 178 Å². The number of H-pyrrole nitrogens is 1. The number of para-hydroxylation sites is 2. The highest BCUT2D eigenvalue weighted by molar-refractivity contribution is 6.02. The Morgan fingerprint density at radius 1 is 1.10 bits per heavy atom. The normalized spacial score (nSPS) is 17.9. The second-order valence-corrected chi connectivity index (χ2v) is 8.87. The number of anilines is 1. The quantitative estimate of drug-likeness (QED) is 0.597. The number of carbonyl (C=O) groups excluding carboxylic acids is 2. The number of aromatic amines is 1. The summed E-state index contributed by atoms with van der Waals surface area (Å²) in [7, 11) is 0. The van der Waals surface area contributed by atoms with Crippen molar-refractivity contribution in [1.82, 2.24) is 9.88 Å². The summed E-state index contributed by atoms with van der Waals surface area (Å²) in [5, 5.41) is 11.3. The van der Waals surface area contributed by atoms with Crippen LogP contribution in [0.3, 0.4) is 0 Å². The van der Waals surface area contributed by atoms with Crippen molar-refractivity contribution in [3.8, 4) is 0 Å². The number of amides is 1. The SMILES string of the molecule is CC1(C)CC(=O)c2cc(C(=O)N3CCN(c4ccccc4[N+](=O)[O-])CC3)c(=O)[nH]c2C1. The molecular weight excluding hydrogens is 400 g/mol. The number of nitrogens with one attached hydrogen (secondary N) is 1. The van der Waals surface area contributed by atoms with Crippen LogP contribution in [0.5, 0.6) is 0 Å². The van der Waals surface area contributed by atoms with Crippen molar-refractivity contribution in [3.63, 3.8) is 0 Å². The van der Waals surface area contributed by atoms with E-state index in [2.05, 4.69) is 4.98 Å². The van der Waals surface area contributed by atoms with E-state index < -0.39 is 16.4 Å². The van der Waals surface area contributed by atoms with Crippen LogP contribution in [0.1, 0.15) is 46.7 Å². The van der Waals surface area contributed by atoms with Gasteiger partial charge in [-0.1, -0.05) is 26.0 Å². The molecule has 31 heavy (non-hydrogen) atoms. The molecule has 1 aliphatic heterocycles. The fourth-order valence-electron chi connectivity index (χ4n) is 4.39. The van der Waals surface area contributed by atoms with E-state index in [9.17, 15) is 24.5 Å². The number of fused-ring (bicyclic) bond motifs is 1. The molecular formula is C22H24N4O5. The zero-order chi connectivity index (χ0) is 22.3. The van der Waals surface area contributed by atoms with E-state index in [0.29, 0.717) is 56.0 Å². The van der Waals surface area contributed by atoms with Crippen LogP contribution in [-0.2, 0) is 6.42 Å². The Balaban J connectivity index is 1.53. The van der Waals surface area contributed by atoms with E-state index in [4.69, 9.17) is 0 Å². The topological polar surface area (TPSA) is 117 Å². The smallest absolute Gasteiger partial charge is 0.292 e. The molecule has 2 aliphatic rings. The van der Waals surface area contributed by atoms with Crippen molar-refractivity contribution in [2.75, 3.05) is 31.1 Å². The molecule has 9 heteroatoms. The van der Waals surface area contributed by atoms with Crippen molar-refractivity contribution in [2.45, 2.75) is 26.7 Å². The van der Waals surface area contributed by atoms with Gasteiger partial charge >= 0.3 is 0 Å². The van der Waals surface area contributed by atoms with Crippen LogP contribution in [0.4, 0.5) is 11.4 Å². The number of piperazine rings is 1. The average molecular weight is 424 g/mol. The number of Topliss-reactive ketones (excluding diaryl/α,β-unsaturated/α-hetero) is 1. The molecule has 2 aromatic rings. The summed E-state index contributed by atoms with van der Waals surface area (Å²) in [5.41, 5.74) is 0.787. The molecule has 0 spiro atoms. The number of nitro groups is 1. The minimum absolute atomic E-state index is 0.0230. The Bertz CT molecular complexity index is 1130. The van der Waals surface area contributed by atoms with Gasteiger partial charge in [0.05, 0.1) is 4.92 Å². The third-order valence-corrected chi connectivity index (χ3v) is 5.93. The predicted octanol–water partition coefficient (Wildman–Crippen LogP) is 2.40. The lowest BCUT2D eigenvalue weighted by Crippen LogP contribution is -2.50. The number of rotatable bonds is 3. The van der Waals surface area contributed by atoms with Gasteiger partial charge in [0.2, 0.25) is 0 Å². The third kappa shape index (κ3) is 3.95. The van der Waals surface area contributed by atoms with Gasteiger partial charge in [0.1, 0.15) is 11.3 Å². The van der Waals surface area contributed by atoms with E-state index >= 15 is 0 Å². The molecule has 0 radical (unpaired) electrons. The number of ketones is 1. The van der Waals surface area contributed by atoms with Crippen LogP contribution in [-0.4, -0.2) is 52.7 Å². The first-order chi connectivity index (χ1) is 14.7. The van der Waals surface area contributed by atoms with Gasteiger partial charge in [0, 0.05) is 49.9 Å². The van der Waals surface area contributed by atoms with Gasteiger partial charge in [0.25, 0.3) is 17.2 Å². The van der Waals surface area contributed by atoms with Gasteiger partial charge in [-0.25, -0.2) is 0 Å². The van der Waals surface area contributed by atoms with Crippen LogP contribution in [0.2, 0.25) is 0 Å². The molecule has 1 aromatic heterocycles. The summed E-state index contributed by atoms with van der Waals surface area (Å²) in [6.07, 6.45) is 0.945. The fourth-order valence-corrected chi connectivity index (χ4v) is 4.39. The molecule has 1 saturated heterocycles. The molecule has 1 aromatic carbocycles. The van der Waals surface area contributed by atoms with Gasteiger partial charge in [0.15, 0.2) is 5.78 Å². The first-order valence-electron chi connectivity index (χ1n) is 10.2. The van der Waals surface area contributed by atoms with Gasteiger partial charge in [-0.3, -0.25) is 24.5 Å². The van der Waals surface area contributed by atoms with E-state index in [1.165, 1.54) is 12.1 Å². The van der Waals surface area contributed by atoms with E-state index in [-0.39, 0.29) is 22.4 Å². The average Bonchev–Trinajstić information content (AvgIpc) is 2.72. The molecule has 0 saturated carbocycles. The van der Waals surface area contributed by atoms with Crippen LogP contribution in [0.15, 0.2) is 35.1 Å². The minimum atomic E-state index is -0.490. The van der Waals surface area contributed by atoms with Crippen molar-refractivity contribution in [3.05, 3.63) is 67.6 Å². The second kappa shape index (κ2) is 7.64. The molecule has 2 heterocycles. The number of nitro benzene ring substituents is 1. The number of aromatic nitrogens is 1. The summed E-state index contributed by atoms with van der Waals surface area (Å²) in [4.78, 5) is 55.2. The maximum Gasteiger partial charge on any atom is 0.292 e. The number of pyridine rings is 1. The molecule has 1 aliphatic carbocycles. The van der Waals surface area contributed by atoms with Crippen LogP contribution in [0, 0.1) is 15.5 Å². The highest BCUT2D eigenvalue weighted by Gasteiger charge is 2.34. The molecule has 162 valence electrons. The zero-order valence-corrected chi connectivity index (χ0v) is 17.5. The predicted molar refractivity (Wildman–Crippen MR) is 115 cm³/mol. The number of carbonyl (C=O) groups is 2. The van der Waals surface area contributed by atoms with Gasteiger partial charge in [-0.15, -0.1) is 0 Å². The molecule has 1 amide bonds. The summed E-state index contributed by atoms with van der Waals surface area (Å²) in [5.74, 6) is -0.498. The molecule has 0 atom stereocenters. The number of nitrogens with zero attached hydrogens (tertiary/aromatic N) is 3. The standard InChI is InChI=1S/C22H24N4O5/c1-22(2)12-16-14(19(27)13-22)11-15(20(28)23-16)21(29)25-9-7-24(8-10-25)17-5-3-4-6-18(17)26(30)31/h3-6,11H,7-10,12-13H2,1-2H3,(H,23,28). The summed E-state index contributed by atoms with van der Waals surface area (Å²) < 4.78 is 0. The summed E-state index contributed by atoms with van der Waals surface area (Å²) in [6, 6.07) is 7.94. The maximum absolute atomic E-state index is 13.0. The highest BCUT2D eigenvalue weighted by atomic mass is 16.6. The first-order valence-corrected chi connectivity index (χ1v) is 10.2. The molecule has 1 fully saturated rings. The Morgan fingerprint density at radius 3 is 2.45 bits per heavy atom. The van der Waals surface area contributed by atoms with Crippen molar-refractivity contribution >= 4 is 23.1 Å². The van der Waals surface area contributed by atoms with Gasteiger partial charge < -0.3 is 14.8 Å². The third-order valence-electron chi connectivity index (χ3n) is 5.93. The first kappa shape index (κ1) is 20.8. The molecule has 4 rings (SSSR count). The summed E-state index contributed by atoms with van der Waals surface area (Å²) >= 11 is 0. The van der Waals surface area contributed by atoms with E-state index in [1.807, 2.05) is 18.7 Å². The van der Waals surface area contributed by atoms with Crippen LogP contribution in [0.25, 0.3) is 0 Å². The van der Waals surface area contributed by atoms with Gasteiger partial charge in [-0.05, 0) is 24.0 Å². The van der Waals surface area contributed by atoms with Crippen molar-refractivity contribution < 1.29 is 14.5 Å². The number of hydrogen-bond donors (Lipinski definition) is 1. The van der Waals surface area contributed by atoms with E-state index in [0.717, 1.165) is 0 Å². The van der Waals surface area contributed by atoms with Crippen molar-refractivity contribution in [1.29, 1.82) is 0 Å². The molecule has 0 bridgehead atoms. The number of benzene rings is 1. The van der Waals surface area contributed by atoms with Crippen molar-refractivity contribution in [2.24, 2.45) is 5.41 Å². The number of hydrogen-bond acceptors (Lipinski definition) is 6. The Morgan fingerprint density at radius 2 is 1.77 bits per heavy atom. The zero-order valence-electron chi connectivity index (χ0n) is 17.5. The summed E-state index contributed by atoms with van der Waals surface area (Å²) in [6.45, 7) is 5.41. The van der Waals surface area contributed by atoms with Crippen LogP contribution >= 0.6 is 0 Å². The van der Waals surface area contributed by atoms with E-state index in [1.54, 1.807) is 23.1 Å². The lowest BCUT2D eigenvalue weighted by molar-refractivity contribution is -0.384. The fraction of sp³-hybridized carbons (Fsp3) is 0.409. The molecule has 1 N–H and O–H groups in total. The largest absolute Gasteiger partial charge is 0.362 e. The minimum Gasteiger partial charge on any atom is -0.362 e. The molecule has 0 unspecified atom stereocenters. The highest BCUT2D eigenvalue weighted by Crippen LogP contribution is 2.33. The lowest BCUT2D eigenvalue weighted by Gasteiger charge is -2.36. The van der Waals surface area contributed by atoms with Crippen LogP contribution < -0.4 is 10.5 Å². The lowest BCUT2D eigenvalue weighted by atomic mass is 9.75. The van der Waals surface area contributed by atoms with Gasteiger partial charge in [-0.2, -0.15) is 0 Å². The maximum atomic E-state index is 13.0. The Hall–Kier alpha value is -3.49. The Kier molecular flexibility index (Phi) is 5.12. The molecule has 9 nitrogen and oxygen atoms in total. The monoisotopic (exact) mass is 424 g/mol. The second-order valence-electron chi connectivity index (χ2n) is 8.87.